The molecule has 1 aliphatic heterocycles. The summed E-state index contributed by atoms with van der Waals surface area (Å²) in [5.41, 5.74) is 2.29. The summed E-state index contributed by atoms with van der Waals surface area (Å²) in [6, 6.07) is 7.89. The van der Waals surface area contributed by atoms with E-state index in [1.165, 1.54) is 5.56 Å². The Balaban J connectivity index is 1.58. The first-order chi connectivity index (χ1) is 10.8. The number of nitrogens with zero attached hydrogens (tertiary/aromatic N) is 1. The number of benzene rings is 1. The van der Waals surface area contributed by atoms with E-state index in [4.69, 9.17) is 4.74 Å². The summed E-state index contributed by atoms with van der Waals surface area (Å²) >= 11 is 0. The molecule has 0 atom stereocenters. The van der Waals surface area contributed by atoms with Crippen LogP contribution in [0.2, 0.25) is 0 Å². The second kappa shape index (κ2) is 9.23. The highest BCUT2D eigenvalue weighted by molar-refractivity contribution is 5.75. The van der Waals surface area contributed by atoms with Crippen LogP contribution in [0, 0.1) is 6.92 Å². The molecule has 1 aliphatic rings. The van der Waals surface area contributed by atoms with E-state index in [0.717, 1.165) is 44.8 Å². The second-order valence-electron chi connectivity index (χ2n) is 5.40. The lowest BCUT2D eigenvalue weighted by molar-refractivity contribution is 0.0375. The highest BCUT2D eigenvalue weighted by Crippen LogP contribution is 2.07. The molecule has 0 aliphatic carbocycles. The van der Waals surface area contributed by atoms with Crippen molar-refractivity contribution in [2.45, 2.75) is 13.3 Å². The van der Waals surface area contributed by atoms with Crippen molar-refractivity contribution in [3.63, 3.8) is 0 Å². The first kappa shape index (κ1) is 16.5. The van der Waals surface area contributed by atoms with Crippen LogP contribution in [0.25, 0.3) is 6.08 Å². The van der Waals surface area contributed by atoms with Crippen molar-refractivity contribution in [2.75, 3.05) is 39.4 Å². The van der Waals surface area contributed by atoms with Gasteiger partial charge in [-0.3, -0.25) is 4.90 Å². The Kier molecular flexibility index (Phi) is 6.93. The molecule has 1 fully saturated rings. The third kappa shape index (κ3) is 5.87. The second-order valence-corrected chi connectivity index (χ2v) is 5.40. The topological polar surface area (TPSA) is 53.6 Å². The van der Waals surface area contributed by atoms with Crippen LogP contribution in [0.15, 0.2) is 30.5 Å². The zero-order chi connectivity index (χ0) is 15.6. The maximum atomic E-state index is 11.7. The van der Waals surface area contributed by atoms with Gasteiger partial charge in [0.15, 0.2) is 0 Å². The van der Waals surface area contributed by atoms with E-state index in [9.17, 15) is 4.79 Å². The van der Waals surface area contributed by atoms with E-state index in [2.05, 4.69) is 15.5 Å². The predicted molar refractivity (Wildman–Crippen MR) is 88.6 cm³/mol. The number of carbonyl (C=O) groups excluding carboxylic acids is 1. The van der Waals surface area contributed by atoms with Crippen LogP contribution >= 0.6 is 0 Å². The van der Waals surface area contributed by atoms with Gasteiger partial charge in [-0.1, -0.05) is 24.3 Å². The Bertz CT molecular complexity index is 496. The van der Waals surface area contributed by atoms with Crippen molar-refractivity contribution in [1.29, 1.82) is 0 Å². The van der Waals surface area contributed by atoms with Gasteiger partial charge >= 0.3 is 6.03 Å². The molecule has 0 radical (unpaired) electrons. The fraction of sp³-hybridized carbons (Fsp3) is 0.471. The zero-order valence-electron chi connectivity index (χ0n) is 13.2. The van der Waals surface area contributed by atoms with E-state index in [1.807, 2.05) is 37.3 Å². The van der Waals surface area contributed by atoms with Crippen LogP contribution in [0.4, 0.5) is 4.79 Å². The molecular formula is C17H25N3O2. The molecule has 22 heavy (non-hydrogen) atoms. The molecule has 0 bridgehead atoms. The lowest BCUT2D eigenvalue weighted by Gasteiger charge is -2.26. The lowest BCUT2D eigenvalue weighted by Crippen LogP contribution is -2.39. The van der Waals surface area contributed by atoms with Crippen molar-refractivity contribution in [3.05, 3.63) is 41.6 Å². The number of rotatable bonds is 6. The Morgan fingerprint density at radius 3 is 2.86 bits per heavy atom. The summed E-state index contributed by atoms with van der Waals surface area (Å²) in [6.45, 7) is 7.35. The Morgan fingerprint density at radius 2 is 2.09 bits per heavy atom. The van der Waals surface area contributed by atoms with Gasteiger partial charge in [-0.25, -0.2) is 4.79 Å². The SMILES string of the molecule is Cc1ccccc1/C=C/NC(=O)NCCCN1CCOCC1. The minimum Gasteiger partial charge on any atom is -0.379 e. The number of ether oxygens (including phenoxy) is 1. The molecule has 0 aromatic heterocycles. The van der Waals surface area contributed by atoms with E-state index in [1.54, 1.807) is 6.20 Å². The number of carbonyl (C=O) groups is 1. The van der Waals surface area contributed by atoms with Gasteiger partial charge in [0, 0.05) is 25.8 Å². The summed E-state index contributed by atoms with van der Waals surface area (Å²) in [4.78, 5) is 14.0. The van der Waals surface area contributed by atoms with Crippen LogP contribution in [-0.4, -0.2) is 50.3 Å². The van der Waals surface area contributed by atoms with Gasteiger partial charge in [0.1, 0.15) is 0 Å². The van der Waals surface area contributed by atoms with Crippen LogP contribution in [0.5, 0.6) is 0 Å². The number of aryl methyl sites for hydroxylation is 1. The molecule has 5 heteroatoms. The van der Waals surface area contributed by atoms with Crippen LogP contribution in [0.3, 0.4) is 0 Å². The maximum absolute atomic E-state index is 11.7. The number of urea groups is 1. The Hall–Kier alpha value is -1.85. The van der Waals surface area contributed by atoms with Gasteiger partial charge in [0.25, 0.3) is 0 Å². The first-order valence-corrected chi connectivity index (χ1v) is 7.82. The molecular weight excluding hydrogens is 278 g/mol. The van der Waals surface area contributed by atoms with Crippen molar-refractivity contribution >= 4 is 12.1 Å². The minimum atomic E-state index is -0.160. The molecule has 0 saturated carbocycles. The van der Waals surface area contributed by atoms with E-state index < -0.39 is 0 Å². The molecule has 120 valence electrons. The van der Waals surface area contributed by atoms with Crippen molar-refractivity contribution in [1.82, 2.24) is 15.5 Å². The molecule has 1 aromatic carbocycles. The Morgan fingerprint density at radius 1 is 1.32 bits per heavy atom. The number of morpholine rings is 1. The normalized spacial score (nSPS) is 15.9. The number of hydrogen-bond donors (Lipinski definition) is 2. The summed E-state index contributed by atoms with van der Waals surface area (Å²) in [7, 11) is 0. The minimum absolute atomic E-state index is 0.160. The van der Waals surface area contributed by atoms with E-state index in [-0.39, 0.29) is 6.03 Å². The lowest BCUT2D eigenvalue weighted by atomic mass is 10.1. The van der Waals surface area contributed by atoms with Crippen molar-refractivity contribution in [3.8, 4) is 0 Å². The average molecular weight is 303 g/mol. The zero-order valence-corrected chi connectivity index (χ0v) is 13.2. The van der Waals surface area contributed by atoms with Crippen LogP contribution in [0.1, 0.15) is 17.5 Å². The van der Waals surface area contributed by atoms with Crippen molar-refractivity contribution < 1.29 is 9.53 Å². The first-order valence-electron chi connectivity index (χ1n) is 7.82. The average Bonchev–Trinajstić information content (AvgIpc) is 2.54. The van der Waals surface area contributed by atoms with Crippen LogP contribution < -0.4 is 10.6 Å². The van der Waals surface area contributed by atoms with E-state index >= 15 is 0 Å². The molecule has 5 nitrogen and oxygen atoms in total. The van der Waals surface area contributed by atoms with Gasteiger partial charge in [-0.2, -0.15) is 0 Å². The molecule has 1 heterocycles. The maximum Gasteiger partial charge on any atom is 0.318 e. The van der Waals surface area contributed by atoms with Gasteiger partial charge < -0.3 is 15.4 Å². The summed E-state index contributed by atoms with van der Waals surface area (Å²) < 4.78 is 5.30. The standard InChI is InChI=1S/C17H25N3O2/c1-15-5-2-3-6-16(15)7-9-19-17(21)18-8-4-10-20-11-13-22-14-12-20/h2-3,5-7,9H,4,8,10-14H2,1H3,(H2,18,19,21)/b9-7+. The quantitative estimate of drug-likeness (QED) is 0.790. The fourth-order valence-corrected chi connectivity index (χ4v) is 2.36. The molecule has 0 spiro atoms. The molecule has 2 amide bonds. The van der Waals surface area contributed by atoms with Gasteiger partial charge in [-0.15, -0.1) is 0 Å². The summed E-state index contributed by atoms with van der Waals surface area (Å²) in [5, 5.41) is 5.60. The third-order valence-corrected chi connectivity index (χ3v) is 3.71. The monoisotopic (exact) mass is 303 g/mol. The molecule has 2 rings (SSSR count). The highest BCUT2D eigenvalue weighted by atomic mass is 16.5. The predicted octanol–water partition coefficient (Wildman–Crippen LogP) is 1.99. The van der Waals surface area contributed by atoms with Gasteiger partial charge in [-0.05, 0) is 37.1 Å². The number of nitrogens with one attached hydrogen (secondary N) is 2. The highest BCUT2D eigenvalue weighted by Gasteiger charge is 2.09. The molecule has 0 unspecified atom stereocenters. The third-order valence-electron chi connectivity index (χ3n) is 3.71. The van der Waals surface area contributed by atoms with Gasteiger partial charge in [0.2, 0.25) is 0 Å². The fourth-order valence-electron chi connectivity index (χ4n) is 2.36. The molecule has 1 aromatic rings. The van der Waals surface area contributed by atoms with Crippen molar-refractivity contribution in [2.24, 2.45) is 0 Å². The molecule has 2 N–H and O–H groups in total. The Labute approximate surface area is 132 Å². The number of amides is 2. The number of hydrogen-bond acceptors (Lipinski definition) is 3. The van der Waals surface area contributed by atoms with E-state index in [0.29, 0.717) is 6.54 Å². The van der Waals surface area contributed by atoms with Gasteiger partial charge in [0.05, 0.1) is 13.2 Å². The summed E-state index contributed by atoms with van der Waals surface area (Å²) in [6.07, 6.45) is 4.54. The smallest absolute Gasteiger partial charge is 0.318 e. The molecule has 1 saturated heterocycles. The van der Waals surface area contributed by atoms with Crippen LogP contribution in [-0.2, 0) is 4.74 Å². The largest absolute Gasteiger partial charge is 0.379 e. The summed E-state index contributed by atoms with van der Waals surface area (Å²) in [5.74, 6) is 0.